The number of Topliss-reactive ketones (excluding diaryl/α,β-unsaturated/α-hetero) is 2. The highest BCUT2D eigenvalue weighted by Gasteiger charge is 2.40. The first kappa shape index (κ1) is 84.1. The van der Waals surface area contributed by atoms with Crippen LogP contribution in [0.4, 0.5) is 0 Å². The van der Waals surface area contributed by atoms with Gasteiger partial charge in [-0.15, -0.1) is 0 Å². The molecule has 8 aromatic rings. The van der Waals surface area contributed by atoms with Crippen molar-refractivity contribution >= 4 is 72.6 Å². The van der Waals surface area contributed by atoms with E-state index in [1.807, 2.05) is 12.1 Å². The van der Waals surface area contributed by atoms with E-state index in [9.17, 15) is 47.7 Å². The van der Waals surface area contributed by atoms with Crippen molar-refractivity contribution < 1.29 is 106 Å². The number of ketones is 2. The fraction of sp³-hybridized carbons (Fsp3) is 0.455. The third-order valence-corrected chi connectivity index (χ3v) is 18.2. The number of aliphatic hydroxyl groups is 6. The fourth-order valence-corrected chi connectivity index (χ4v) is 12.3. The third kappa shape index (κ3) is 21.5. The zero-order chi connectivity index (χ0) is 78.3. The summed E-state index contributed by atoms with van der Waals surface area (Å²) in [5, 5.41) is 59.1. The molecule has 0 spiro atoms. The van der Waals surface area contributed by atoms with Crippen LogP contribution in [0.15, 0.2) is 98.1 Å². The SMILES string of the molecule is COc1cnc(-n2cnc(C)n2)c2c1c(C(=O)C(=O)N1CCN(C(=O)c3ccccc3)CC1)cn2COP(=O)(O)O.COc1cnc(-n2cnc(C)n2)c2c1c(C(=O)C(=O)N1CCN(C(=O)c3ccccc3)CC1)cn2COP(=O)(OC(C)(C)C)OC(C)(C)C.NC(CO)(CO)CO.NC(CO)(CO)CO. The van der Waals surface area contributed by atoms with Crippen molar-refractivity contribution in [1.82, 2.24) is 68.2 Å². The number of aryl methyl sites for hydroxylation is 2. The molecule has 0 radical (unpaired) electrons. The van der Waals surface area contributed by atoms with Gasteiger partial charge in [-0.05, 0) is 79.7 Å². The van der Waals surface area contributed by atoms with E-state index in [0.29, 0.717) is 28.3 Å². The average Bonchev–Trinajstić information content (AvgIpc) is 1.59. The van der Waals surface area contributed by atoms with Crippen LogP contribution in [-0.2, 0) is 50.3 Å². The summed E-state index contributed by atoms with van der Waals surface area (Å²) in [5.74, 6) is -1.87. The second-order valence-corrected chi connectivity index (χ2v) is 29.1. The Balaban J connectivity index is 0.000000247. The van der Waals surface area contributed by atoms with Crippen LogP contribution in [0.25, 0.3) is 33.4 Å². The van der Waals surface area contributed by atoms with E-state index in [1.165, 1.54) is 80.0 Å². The predicted octanol–water partition coefficient (Wildman–Crippen LogP) is 1.30. The molecule has 0 bridgehead atoms. The minimum absolute atomic E-state index is 0.00652. The molecule has 576 valence electrons. The topological polar surface area (TPSA) is 516 Å². The van der Waals surface area contributed by atoms with E-state index < -0.39 is 114 Å². The number of hydrogen-bond acceptors (Lipinski definition) is 28. The summed E-state index contributed by atoms with van der Waals surface area (Å²) in [6.07, 6.45) is 8.29. The number of nitrogens with two attached hydrogens (primary N) is 2. The van der Waals surface area contributed by atoms with Gasteiger partial charge in [-0.1, -0.05) is 36.4 Å². The van der Waals surface area contributed by atoms with Gasteiger partial charge in [-0.3, -0.25) is 46.9 Å². The van der Waals surface area contributed by atoms with Gasteiger partial charge in [0.1, 0.15) is 60.3 Å². The van der Waals surface area contributed by atoms with E-state index in [-0.39, 0.29) is 115 Å². The van der Waals surface area contributed by atoms with Crippen LogP contribution in [0.1, 0.15) is 94.6 Å². The number of amides is 4. The smallest absolute Gasteiger partial charge is 0.477 e. The number of ether oxygens (including phenoxy) is 2. The largest absolute Gasteiger partial charge is 0.494 e. The Kier molecular flexibility index (Phi) is 28.5. The molecule has 2 aliphatic rings. The van der Waals surface area contributed by atoms with Gasteiger partial charge < -0.3 is 90.1 Å². The molecule has 6 aromatic heterocycles. The first-order valence-corrected chi connectivity index (χ1v) is 35.8. The predicted molar refractivity (Wildman–Crippen MR) is 378 cm³/mol. The van der Waals surface area contributed by atoms with Crippen LogP contribution < -0.4 is 20.9 Å². The lowest BCUT2D eigenvalue weighted by atomic mass is 10.1. The molecule has 8 heterocycles. The first-order chi connectivity index (χ1) is 49.9. The van der Waals surface area contributed by atoms with Gasteiger partial charge >= 0.3 is 15.6 Å². The number of benzene rings is 2. The number of fused-ring (bicyclic) bond motifs is 2. The van der Waals surface area contributed by atoms with Crippen molar-refractivity contribution in [3.63, 3.8) is 0 Å². The minimum atomic E-state index is -4.90. The number of phosphoric ester groups is 2. The molecule has 4 amide bonds. The van der Waals surface area contributed by atoms with Gasteiger partial charge in [0.15, 0.2) is 11.6 Å². The number of carbonyl (C=O) groups excluding carboxylic acids is 6. The Labute approximate surface area is 608 Å². The molecule has 10 rings (SSSR count). The molecule has 40 heteroatoms. The molecule has 2 aliphatic heterocycles. The third-order valence-electron chi connectivity index (χ3n) is 15.8. The highest BCUT2D eigenvalue weighted by molar-refractivity contribution is 7.48. The number of piperazine rings is 2. The standard InChI is InChI=1S/C33H42N7O8P.C25H26N7O8P.2C4H11NO3/c1-22-35-20-40(36-22)29-27-26(25(45-8)18-34-29)24(19-39(27)21-46-49(44,47-32(2,3)4)48-33(5,6)7)28(41)31(43)38-16-14-37(15-17-38)30(42)23-12-10-9-11-13-23;1-16-27-14-32(28-16)23-21-20(19(39-2)12-26-23)18(13-31(21)15-40-41(36,37)38)22(33)25(35)30-10-8-29(9-11-30)24(34)17-6-4-3-5-7-17;2*5-4(1-6,2-7)3-8/h9-13,18-20H,14-17,21H2,1-8H3;3-7,12-14H,8-11,15H2,1-2H3,(H2,36,37,38);2*6-8H,1-3,5H2. The molecule has 0 atom stereocenters. The lowest BCUT2D eigenvalue weighted by Gasteiger charge is -2.34. The minimum Gasteiger partial charge on any atom is -0.494 e. The molecule has 0 unspecified atom stereocenters. The van der Waals surface area contributed by atoms with Crippen LogP contribution in [0.3, 0.4) is 0 Å². The number of pyridine rings is 2. The highest BCUT2D eigenvalue weighted by Crippen LogP contribution is 2.56. The molecule has 0 aliphatic carbocycles. The monoisotopic (exact) mass is 1520 g/mol. The van der Waals surface area contributed by atoms with Crippen molar-refractivity contribution in [3.8, 4) is 23.1 Å². The van der Waals surface area contributed by atoms with Crippen LogP contribution in [0.5, 0.6) is 11.5 Å². The zero-order valence-electron chi connectivity index (χ0n) is 60.2. The summed E-state index contributed by atoms with van der Waals surface area (Å²) in [7, 11) is -6.32. The quantitative estimate of drug-likeness (QED) is 0.0231. The van der Waals surface area contributed by atoms with Crippen molar-refractivity contribution in [2.45, 2.75) is 91.1 Å². The van der Waals surface area contributed by atoms with Crippen LogP contribution in [-0.4, -0.2) is 272 Å². The van der Waals surface area contributed by atoms with Gasteiger partial charge in [0.25, 0.3) is 35.2 Å². The fourth-order valence-electron chi connectivity index (χ4n) is 10.3. The summed E-state index contributed by atoms with van der Waals surface area (Å²) < 4.78 is 64.2. The first-order valence-electron chi connectivity index (χ1n) is 32.8. The molecule has 2 aromatic carbocycles. The van der Waals surface area contributed by atoms with Crippen molar-refractivity contribution in [2.24, 2.45) is 11.5 Å². The zero-order valence-corrected chi connectivity index (χ0v) is 61.9. The van der Waals surface area contributed by atoms with Gasteiger partial charge in [-0.2, -0.15) is 10.2 Å². The van der Waals surface area contributed by atoms with E-state index in [1.54, 1.807) is 114 Å². The Morgan fingerprint density at radius 2 is 0.811 bits per heavy atom. The normalized spacial score (nSPS) is 13.8. The summed E-state index contributed by atoms with van der Waals surface area (Å²) >= 11 is 0. The molecular formula is C66H90N16O22P2. The van der Waals surface area contributed by atoms with Crippen molar-refractivity contribution in [2.75, 3.05) is 106 Å². The number of hydrogen-bond donors (Lipinski definition) is 10. The number of aliphatic hydroxyl groups excluding tert-OH is 6. The summed E-state index contributed by atoms with van der Waals surface area (Å²) in [6.45, 7) is 11.9. The lowest BCUT2D eigenvalue weighted by molar-refractivity contribution is -0.128. The maximum absolute atomic E-state index is 14.1. The summed E-state index contributed by atoms with van der Waals surface area (Å²) in [6, 6.07) is 17.7. The second-order valence-electron chi connectivity index (χ2n) is 26.3. The molecule has 106 heavy (non-hydrogen) atoms. The van der Waals surface area contributed by atoms with Crippen molar-refractivity contribution in [3.05, 3.63) is 132 Å². The number of carbonyl (C=O) groups is 6. The molecule has 2 saturated heterocycles. The van der Waals surface area contributed by atoms with Gasteiger partial charge in [0, 0.05) is 75.9 Å². The Morgan fingerprint density at radius 3 is 1.08 bits per heavy atom. The molecule has 2 fully saturated rings. The molecule has 0 saturated carbocycles. The maximum Gasteiger partial charge on any atom is 0.477 e. The average molecular weight is 1520 g/mol. The van der Waals surface area contributed by atoms with E-state index in [0.717, 1.165) is 0 Å². The second kappa shape index (κ2) is 35.9. The van der Waals surface area contributed by atoms with Crippen molar-refractivity contribution in [1.29, 1.82) is 0 Å². The van der Waals surface area contributed by atoms with E-state index in [2.05, 4.69) is 30.1 Å². The number of rotatable bonds is 24. The Morgan fingerprint density at radius 1 is 0.491 bits per heavy atom. The Bertz CT molecular complexity index is 4400. The molecule has 12 N–H and O–H groups in total. The number of methoxy groups -OCH3 is 2. The maximum atomic E-state index is 14.1. The summed E-state index contributed by atoms with van der Waals surface area (Å²) in [4.78, 5) is 122. The van der Waals surface area contributed by atoms with Gasteiger partial charge in [0.2, 0.25) is 0 Å². The van der Waals surface area contributed by atoms with E-state index in [4.69, 9.17) is 69.7 Å². The summed E-state index contributed by atoms with van der Waals surface area (Å²) in [5.41, 5.74) is 7.58. The number of nitrogens with zero attached hydrogens (tertiary/aromatic N) is 14. The molecular weight excluding hydrogens is 1430 g/mol. The number of aromatic nitrogens is 10. The van der Waals surface area contributed by atoms with Crippen LogP contribution in [0.2, 0.25) is 0 Å². The van der Waals surface area contributed by atoms with Crippen LogP contribution in [0, 0.1) is 13.8 Å². The van der Waals surface area contributed by atoms with Crippen LogP contribution >= 0.6 is 15.6 Å². The Hall–Kier alpha value is -9.18. The lowest BCUT2D eigenvalue weighted by Crippen LogP contribution is -2.52. The number of phosphoric acid groups is 2. The van der Waals surface area contributed by atoms with Gasteiger partial charge in [-0.25, -0.2) is 38.4 Å². The van der Waals surface area contributed by atoms with E-state index >= 15 is 0 Å². The highest BCUT2D eigenvalue weighted by atomic mass is 31.2. The van der Waals surface area contributed by atoms with Gasteiger partial charge in [0.05, 0.1) is 110 Å². The molecule has 38 nitrogen and oxygen atoms in total.